The lowest BCUT2D eigenvalue weighted by molar-refractivity contribution is 0.153. The van der Waals surface area contributed by atoms with Crippen molar-refractivity contribution in [3.8, 4) is 0 Å². The van der Waals surface area contributed by atoms with Gasteiger partial charge in [-0.3, -0.25) is 14.9 Å². The van der Waals surface area contributed by atoms with Crippen LogP contribution in [-0.4, -0.2) is 20.0 Å². The molecule has 3 aromatic rings. The molecule has 0 saturated heterocycles. The Kier molecular flexibility index (Phi) is 6.76. The molecule has 162 valence electrons. The van der Waals surface area contributed by atoms with E-state index in [1.54, 1.807) is 0 Å². The number of benzene rings is 1. The molecule has 2 aromatic heterocycles. The lowest BCUT2D eigenvalue weighted by atomic mass is 9.90. The molecule has 0 fully saturated rings. The van der Waals surface area contributed by atoms with Crippen molar-refractivity contribution in [1.29, 1.82) is 0 Å². The van der Waals surface area contributed by atoms with Crippen molar-refractivity contribution in [2.75, 3.05) is 0 Å². The van der Waals surface area contributed by atoms with Gasteiger partial charge in [-0.15, -0.1) is 0 Å². The average molecular weight is 417 g/mol. The lowest BCUT2D eigenvalue weighted by Crippen LogP contribution is -2.32. The van der Waals surface area contributed by atoms with E-state index in [-0.39, 0.29) is 12.6 Å². The number of aromatic nitrogens is 2. The number of aliphatic hydroxyl groups is 1. The van der Waals surface area contributed by atoms with Crippen molar-refractivity contribution in [3.63, 3.8) is 0 Å². The molecule has 0 spiro atoms. The van der Waals surface area contributed by atoms with E-state index < -0.39 is 0 Å². The van der Waals surface area contributed by atoms with Gasteiger partial charge < -0.3 is 10.8 Å². The highest BCUT2D eigenvalue weighted by atomic mass is 16.3. The molecule has 1 aliphatic carbocycles. The minimum atomic E-state index is 0.0122. The van der Waals surface area contributed by atoms with Gasteiger partial charge in [0.1, 0.15) is 0 Å². The predicted octanol–water partition coefficient (Wildman–Crippen LogP) is 4.12. The van der Waals surface area contributed by atoms with Gasteiger partial charge in [-0.2, -0.15) is 0 Å². The Morgan fingerprint density at radius 3 is 2.74 bits per heavy atom. The highest BCUT2D eigenvalue weighted by Crippen LogP contribution is 2.35. The molecule has 0 unspecified atom stereocenters. The van der Waals surface area contributed by atoms with E-state index >= 15 is 0 Å². The number of nitrogens with zero attached hydrogens (tertiary/aromatic N) is 3. The standard InChI is InChI=1S/C26H32N4O/c1-18-11-19(2)24(29-14-18)16-30(15-22-9-8-20(13-27)12-23(22)17-31)25-7-3-5-21-6-4-10-28-26(21)25/h4,6,8-12,14,25,31H,3,5,7,13,15-17,27H2,1-2H3/t25-/m0/s1. The highest BCUT2D eigenvalue weighted by molar-refractivity contribution is 5.33. The minimum absolute atomic E-state index is 0.0122. The Hall–Kier alpha value is -2.60. The van der Waals surface area contributed by atoms with Gasteiger partial charge in [-0.1, -0.05) is 30.3 Å². The fourth-order valence-corrected chi connectivity index (χ4v) is 4.64. The zero-order chi connectivity index (χ0) is 21.8. The summed E-state index contributed by atoms with van der Waals surface area (Å²) in [6, 6.07) is 12.9. The second-order valence-corrected chi connectivity index (χ2v) is 8.60. The Labute approximate surface area is 185 Å². The predicted molar refractivity (Wildman–Crippen MR) is 123 cm³/mol. The summed E-state index contributed by atoms with van der Waals surface area (Å²) in [5.74, 6) is 0. The third-order valence-corrected chi connectivity index (χ3v) is 6.33. The summed E-state index contributed by atoms with van der Waals surface area (Å²) in [5, 5.41) is 10.00. The van der Waals surface area contributed by atoms with Crippen molar-refractivity contribution in [1.82, 2.24) is 14.9 Å². The third kappa shape index (κ3) is 4.85. The van der Waals surface area contributed by atoms with Crippen LogP contribution in [0, 0.1) is 13.8 Å². The summed E-state index contributed by atoms with van der Waals surface area (Å²) >= 11 is 0. The zero-order valence-corrected chi connectivity index (χ0v) is 18.5. The van der Waals surface area contributed by atoms with Crippen LogP contribution in [0.3, 0.4) is 0 Å². The second-order valence-electron chi connectivity index (χ2n) is 8.60. The van der Waals surface area contributed by atoms with E-state index in [0.717, 1.165) is 54.7 Å². The largest absolute Gasteiger partial charge is 0.392 e. The van der Waals surface area contributed by atoms with E-state index in [4.69, 9.17) is 15.7 Å². The van der Waals surface area contributed by atoms with Gasteiger partial charge in [0.2, 0.25) is 0 Å². The second kappa shape index (κ2) is 9.69. The number of pyridine rings is 2. The van der Waals surface area contributed by atoms with E-state index in [1.165, 1.54) is 22.4 Å². The summed E-state index contributed by atoms with van der Waals surface area (Å²) in [4.78, 5) is 12.0. The van der Waals surface area contributed by atoms with Crippen LogP contribution in [0.5, 0.6) is 0 Å². The van der Waals surface area contributed by atoms with Gasteiger partial charge >= 0.3 is 0 Å². The summed E-state index contributed by atoms with van der Waals surface area (Å²) in [6.07, 6.45) is 7.16. The Morgan fingerprint density at radius 1 is 1.10 bits per heavy atom. The molecular formula is C26H32N4O. The first-order valence-electron chi connectivity index (χ1n) is 11.1. The summed E-state index contributed by atoms with van der Waals surface area (Å²) < 4.78 is 0. The van der Waals surface area contributed by atoms with E-state index in [9.17, 15) is 5.11 Å². The molecule has 4 rings (SSSR count). The molecule has 0 amide bonds. The summed E-state index contributed by atoms with van der Waals surface area (Å²) in [5.41, 5.74) is 14.9. The Balaban J connectivity index is 1.71. The van der Waals surface area contributed by atoms with E-state index in [0.29, 0.717) is 6.54 Å². The number of aryl methyl sites for hydroxylation is 3. The van der Waals surface area contributed by atoms with Crippen molar-refractivity contribution < 1.29 is 5.11 Å². The van der Waals surface area contributed by atoms with Gasteiger partial charge in [0.15, 0.2) is 0 Å². The fraction of sp³-hybridized carbons (Fsp3) is 0.385. The van der Waals surface area contributed by atoms with Crippen LogP contribution in [0.1, 0.15) is 63.7 Å². The van der Waals surface area contributed by atoms with Crippen LogP contribution in [0.4, 0.5) is 0 Å². The van der Waals surface area contributed by atoms with Crippen molar-refractivity contribution >= 4 is 0 Å². The molecule has 2 heterocycles. The van der Waals surface area contributed by atoms with Gasteiger partial charge in [0.05, 0.1) is 24.0 Å². The van der Waals surface area contributed by atoms with Gasteiger partial charge in [0, 0.05) is 32.0 Å². The van der Waals surface area contributed by atoms with Crippen LogP contribution in [0.15, 0.2) is 48.8 Å². The molecule has 3 N–H and O–H groups in total. The van der Waals surface area contributed by atoms with Crippen LogP contribution in [0.25, 0.3) is 0 Å². The van der Waals surface area contributed by atoms with Crippen molar-refractivity contribution in [2.24, 2.45) is 5.73 Å². The maximum Gasteiger partial charge on any atom is 0.0685 e. The van der Waals surface area contributed by atoms with Gasteiger partial charge in [-0.05, 0) is 72.6 Å². The zero-order valence-electron chi connectivity index (χ0n) is 18.5. The summed E-state index contributed by atoms with van der Waals surface area (Å²) in [6.45, 7) is 6.18. The van der Waals surface area contributed by atoms with Crippen LogP contribution < -0.4 is 5.73 Å². The fourth-order valence-electron chi connectivity index (χ4n) is 4.64. The maximum atomic E-state index is 10.00. The SMILES string of the molecule is Cc1cnc(CN(Cc2ccc(CN)cc2CO)[C@H]2CCCc3cccnc32)c(C)c1. The smallest absolute Gasteiger partial charge is 0.0685 e. The van der Waals surface area contributed by atoms with Crippen LogP contribution >= 0.6 is 0 Å². The number of fused-ring (bicyclic) bond motifs is 1. The van der Waals surface area contributed by atoms with Crippen LogP contribution in [0.2, 0.25) is 0 Å². The van der Waals surface area contributed by atoms with E-state index in [1.807, 2.05) is 24.5 Å². The monoisotopic (exact) mass is 416 g/mol. The molecule has 1 aliphatic rings. The molecule has 31 heavy (non-hydrogen) atoms. The Bertz CT molecular complexity index is 1050. The van der Waals surface area contributed by atoms with Crippen molar-refractivity contribution in [2.45, 2.75) is 65.4 Å². The molecular weight excluding hydrogens is 384 g/mol. The maximum absolute atomic E-state index is 10.00. The Morgan fingerprint density at radius 2 is 1.97 bits per heavy atom. The average Bonchev–Trinajstić information content (AvgIpc) is 2.80. The first-order valence-corrected chi connectivity index (χ1v) is 11.1. The molecule has 0 aliphatic heterocycles. The molecule has 0 radical (unpaired) electrons. The topological polar surface area (TPSA) is 75.3 Å². The first kappa shape index (κ1) is 21.6. The van der Waals surface area contributed by atoms with Crippen LogP contribution in [-0.2, 0) is 32.7 Å². The normalized spacial score (nSPS) is 15.8. The number of aliphatic hydroxyl groups excluding tert-OH is 1. The van der Waals surface area contributed by atoms with Crippen molar-refractivity contribution in [3.05, 3.63) is 93.6 Å². The lowest BCUT2D eigenvalue weighted by Gasteiger charge is -2.35. The molecule has 1 atom stereocenters. The molecule has 1 aromatic carbocycles. The third-order valence-electron chi connectivity index (χ3n) is 6.33. The number of hydrogen-bond acceptors (Lipinski definition) is 5. The molecule has 0 bridgehead atoms. The number of rotatable bonds is 7. The highest BCUT2D eigenvalue weighted by Gasteiger charge is 2.28. The first-order chi connectivity index (χ1) is 15.1. The molecule has 5 heteroatoms. The summed E-state index contributed by atoms with van der Waals surface area (Å²) in [7, 11) is 0. The van der Waals surface area contributed by atoms with Gasteiger partial charge in [-0.25, -0.2) is 0 Å². The minimum Gasteiger partial charge on any atom is -0.392 e. The number of nitrogens with two attached hydrogens (primary N) is 1. The quantitative estimate of drug-likeness (QED) is 0.606. The van der Waals surface area contributed by atoms with E-state index in [2.05, 4.69) is 43.0 Å². The van der Waals surface area contributed by atoms with Gasteiger partial charge in [0.25, 0.3) is 0 Å². The number of hydrogen-bond donors (Lipinski definition) is 2. The molecule has 0 saturated carbocycles. The molecule has 5 nitrogen and oxygen atoms in total.